The van der Waals surface area contributed by atoms with Crippen LogP contribution in [-0.2, 0) is 40.3 Å². The summed E-state index contributed by atoms with van der Waals surface area (Å²) in [7, 11) is 0. The van der Waals surface area contributed by atoms with Gasteiger partial charge in [0.1, 0.15) is 17.8 Å². The molecular weight excluding hydrogens is 627 g/mol. The summed E-state index contributed by atoms with van der Waals surface area (Å²) in [5.41, 5.74) is 9.53. The number of amides is 4. The van der Waals surface area contributed by atoms with Crippen molar-refractivity contribution in [2.45, 2.75) is 51.9 Å². The molecule has 6 N–H and O–H groups in total. The van der Waals surface area contributed by atoms with Crippen LogP contribution in [0.2, 0.25) is 0 Å². The zero-order chi connectivity index (χ0) is 32.9. The summed E-state index contributed by atoms with van der Waals surface area (Å²) in [6.45, 7) is 4.42. The lowest BCUT2D eigenvalue weighted by atomic mass is 10.0. The first-order valence-corrected chi connectivity index (χ1v) is 16.5. The van der Waals surface area contributed by atoms with Crippen molar-refractivity contribution in [1.29, 1.82) is 0 Å². The molecule has 0 bridgehead atoms. The van der Waals surface area contributed by atoms with Gasteiger partial charge in [-0.3, -0.25) is 14.4 Å². The topological polar surface area (TPSA) is 161 Å². The van der Waals surface area contributed by atoms with E-state index in [1.165, 1.54) is 18.3 Å². The number of benzene rings is 2. The van der Waals surface area contributed by atoms with Crippen LogP contribution in [-0.4, -0.2) is 42.5 Å². The zero-order valence-corrected chi connectivity index (χ0v) is 27.2. The molecule has 0 saturated heterocycles. The van der Waals surface area contributed by atoms with E-state index >= 15 is 0 Å². The van der Waals surface area contributed by atoms with Gasteiger partial charge in [-0.25, -0.2) is 4.79 Å². The Morgan fingerprint density at radius 3 is 2.13 bits per heavy atom. The Hall–Kier alpha value is -4.72. The lowest BCUT2D eigenvalue weighted by Gasteiger charge is -2.23. The van der Waals surface area contributed by atoms with Crippen LogP contribution in [0.25, 0.3) is 0 Å². The maximum atomic E-state index is 13.8. The maximum absolute atomic E-state index is 13.8. The molecular formula is C33H37N5O6S2. The summed E-state index contributed by atoms with van der Waals surface area (Å²) < 4.78 is 11.0. The first-order chi connectivity index (χ1) is 22.2. The highest BCUT2D eigenvalue weighted by Crippen LogP contribution is 2.31. The van der Waals surface area contributed by atoms with Crippen molar-refractivity contribution in [3.05, 3.63) is 99.1 Å². The van der Waals surface area contributed by atoms with Crippen LogP contribution in [0, 0.1) is 0 Å². The second-order valence-electron chi connectivity index (χ2n) is 10.3. The summed E-state index contributed by atoms with van der Waals surface area (Å²) in [6.07, 6.45) is -0.529. The van der Waals surface area contributed by atoms with Crippen LogP contribution in [0.15, 0.2) is 76.8 Å². The van der Waals surface area contributed by atoms with E-state index < -0.39 is 24.1 Å². The van der Waals surface area contributed by atoms with Gasteiger partial charge in [-0.05, 0) is 69.6 Å². The smallest absolute Gasteiger partial charge is 0.414 e. The Kier molecular flexibility index (Phi) is 12.7. The number of ether oxygens (including phenoxy) is 2. The molecule has 2 heterocycles. The Morgan fingerprint density at radius 1 is 0.804 bits per heavy atom. The predicted octanol–water partition coefficient (Wildman–Crippen LogP) is 4.37. The average molecular weight is 664 g/mol. The van der Waals surface area contributed by atoms with Crippen LogP contribution < -0.4 is 36.5 Å². The molecule has 0 spiro atoms. The monoisotopic (exact) mass is 663 g/mol. The number of carbonyl (C=O) groups is 4. The molecule has 46 heavy (non-hydrogen) atoms. The molecule has 2 aromatic carbocycles. The summed E-state index contributed by atoms with van der Waals surface area (Å²) in [6, 6.07) is 16.2. The van der Waals surface area contributed by atoms with Crippen molar-refractivity contribution in [3.8, 4) is 10.8 Å². The number of thiophene rings is 2. The quantitative estimate of drug-likeness (QED) is 0.126. The minimum atomic E-state index is -1.10. The number of hydrogen-bond acceptors (Lipinski definition) is 9. The lowest BCUT2D eigenvalue weighted by Crippen LogP contribution is -2.55. The summed E-state index contributed by atoms with van der Waals surface area (Å²) >= 11 is 2.61. The first kappa shape index (κ1) is 34.2. The van der Waals surface area contributed by atoms with E-state index in [-0.39, 0.29) is 36.3 Å². The SMILES string of the molecule is CCOc1ccc(C[C@@H](NC(=O)Oc2sccc2NC(C)=O)C(=O)N[C@@H](Cc2ccsc2)C(=O)NCc2ccc(CN)cc2)cc1. The second-order valence-corrected chi connectivity index (χ2v) is 12.0. The molecule has 4 rings (SSSR count). The highest BCUT2D eigenvalue weighted by Gasteiger charge is 2.28. The number of nitrogens with one attached hydrogen (secondary N) is 4. The molecule has 0 fully saturated rings. The van der Waals surface area contributed by atoms with E-state index in [9.17, 15) is 19.2 Å². The molecule has 0 aliphatic rings. The van der Waals surface area contributed by atoms with Crippen LogP contribution in [0.5, 0.6) is 10.8 Å². The second kappa shape index (κ2) is 17.1. The molecule has 13 heteroatoms. The van der Waals surface area contributed by atoms with Crippen molar-refractivity contribution in [2.24, 2.45) is 5.73 Å². The fourth-order valence-corrected chi connectivity index (χ4v) is 5.86. The van der Waals surface area contributed by atoms with Gasteiger partial charge in [0.15, 0.2) is 0 Å². The van der Waals surface area contributed by atoms with Gasteiger partial charge in [0, 0.05) is 32.9 Å². The van der Waals surface area contributed by atoms with Crippen LogP contribution in [0.4, 0.5) is 10.5 Å². The molecule has 11 nitrogen and oxygen atoms in total. The zero-order valence-electron chi connectivity index (χ0n) is 25.5. The number of rotatable bonds is 15. The van der Waals surface area contributed by atoms with E-state index in [0.29, 0.717) is 24.6 Å². The van der Waals surface area contributed by atoms with Crippen LogP contribution in [0.3, 0.4) is 0 Å². The molecule has 4 amide bonds. The third-order valence-electron chi connectivity index (χ3n) is 6.79. The van der Waals surface area contributed by atoms with Gasteiger partial charge in [-0.1, -0.05) is 36.4 Å². The molecule has 2 atom stereocenters. The predicted molar refractivity (Wildman–Crippen MR) is 179 cm³/mol. The molecule has 0 radical (unpaired) electrons. The lowest BCUT2D eigenvalue weighted by molar-refractivity contribution is -0.130. The average Bonchev–Trinajstić information content (AvgIpc) is 3.72. The Labute approximate surface area is 275 Å². The van der Waals surface area contributed by atoms with Gasteiger partial charge >= 0.3 is 6.09 Å². The minimum absolute atomic E-state index is 0.108. The van der Waals surface area contributed by atoms with Gasteiger partial charge in [-0.2, -0.15) is 11.3 Å². The Balaban J connectivity index is 1.51. The minimum Gasteiger partial charge on any atom is -0.494 e. The molecule has 2 aromatic heterocycles. The third-order valence-corrected chi connectivity index (χ3v) is 8.31. The number of anilines is 1. The molecule has 0 aliphatic carbocycles. The van der Waals surface area contributed by atoms with Crippen molar-refractivity contribution < 1.29 is 28.7 Å². The van der Waals surface area contributed by atoms with E-state index in [1.807, 2.05) is 48.0 Å². The van der Waals surface area contributed by atoms with E-state index in [4.69, 9.17) is 15.2 Å². The normalized spacial score (nSPS) is 12.0. The standard InChI is InChI=1S/C33H37N5O6S2/c1-3-43-26-10-8-22(9-11-26)16-29(38-33(42)44-32-27(13-15-46-32)36-21(2)39)31(41)37-28(17-25-12-14-45-20-25)30(40)35-19-24-6-4-23(18-34)5-7-24/h4-15,20,28-29H,3,16-19,34H2,1-2H3,(H,35,40)(H,36,39)(H,37,41)(H,38,42)/t28-,29+/m0/s1. The molecule has 0 aliphatic heterocycles. The van der Waals surface area contributed by atoms with Crippen LogP contribution in [0.1, 0.15) is 36.1 Å². The largest absolute Gasteiger partial charge is 0.494 e. The fraction of sp³-hybridized carbons (Fsp3) is 0.273. The number of nitrogens with two attached hydrogens (primary N) is 1. The van der Waals surface area contributed by atoms with Gasteiger partial charge < -0.3 is 36.5 Å². The van der Waals surface area contributed by atoms with Crippen molar-refractivity contribution >= 4 is 52.2 Å². The maximum Gasteiger partial charge on any atom is 0.414 e. The van der Waals surface area contributed by atoms with Crippen molar-refractivity contribution in [1.82, 2.24) is 16.0 Å². The third kappa shape index (κ3) is 10.4. The molecule has 4 aromatic rings. The number of hydrogen-bond donors (Lipinski definition) is 5. The van der Waals surface area contributed by atoms with Crippen molar-refractivity contribution in [2.75, 3.05) is 11.9 Å². The van der Waals surface area contributed by atoms with Gasteiger partial charge in [-0.15, -0.1) is 11.3 Å². The van der Waals surface area contributed by atoms with E-state index in [0.717, 1.165) is 33.6 Å². The Bertz CT molecular complexity index is 1590. The van der Waals surface area contributed by atoms with Gasteiger partial charge in [0.2, 0.25) is 22.8 Å². The van der Waals surface area contributed by atoms with E-state index in [1.54, 1.807) is 35.7 Å². The van der Waals surface area contributed by atoms with Crippen LogP contribution >= 0.6 is 22.7 Å². The highest BCUT2D eigenvalue weighted by atomic mass is 32.1. The number of carbonyl (C=O) groups excluding carboxylic acids is 4. The van der Waals surface area contributed by atoms with Crippen molar-refractivity contribution in [3.63, 3.8) is 0 Å². The highest BCUT2D eigenvalue weighted by molar-refractivity contribution is 7.12. The molecule has 242 valence electrons. The molecule has 0 saturated carbocycles. The molecule has 0 unspecified atom stereocenters. The summed E-state index contributed by atoms with van der Waals surface area (Å²) in [4.78, 5) is 51.8. The van der Waals surface area contributed by atoms with E-state index in [2.05, 4.69) is 21.3 Å². The summed E-state index contributed by atoms with van der Waals surface area (Å²) in [5, 5.41) is 16.7. The van der Waals surface area contributed by atoms with Gasteiger partial charge in [0.25, 0.3) is 0 Å². The summed E-state index contributed by atoms with van der Waals surface area (Å²) in [5.74, 6) is -0.586. The Morgan fingerprint density at radius 2 is 1.48 bits per heavy atom. The van der Waals surface area contributed by atoms with Gasteiger partial charge in [0.05, 0.1) is 12.3 Å². The first-order valence-electron chi connectivity index (χ1n) is 14.7. The fourth-order valence-electron chi connectivity index (χ4n) is 4.48.